The molecule has 2 heterocycles. The van der Waals surface area contributed by atoms with Crippen molar-refractivity contribution in [2.75, 3.05) is 13.6 Å². The molecule has 2 aromatic heterocycles. The van der Waals surface area contributed by atoms with E-state index in [9.17, 15) is 9.59 Å². The van der Waals surface area contributed by atoms with Gasteiger partial charge in [-0.3, -0.25) is 18.8 Å². The highest BCUT2D eigenvalue weighted by Crippen LogP contribution is 2.60. The van der Waals surface area contributed by atoms with Crippen molar-refractivity contribution in [3.63, 3.8) is 0 Å². The van der Waals surface area contributed by atoms with Crippen LogP contribution in [0.4, 0.5) is 0 Å². The first kappa shape index (κ1) is 17.0. The molecule has 0 saturated heterocycles. The van der Waals surface area contributed by atoms with Crippen molar-refractivity contribution in [3.8, 4) is 0 Å². The van der Waals surface area contributed by atoms with Gasteiger partial charge in [0.05, 0.1) is 6.20 Å². The smallest absolute Gasteiger partial charge is 0.264 e. The van der Waals surface area contributed by atoms with Gasteiger partial charge in [0.2, 0.25) is 5.91 Å². The molecule has 4 aliphatic rings. The zero-order valence-corrected chi connectivity index (χ0v) is 16.1. The first-order valence-electron chi connectivity index (χ1n) is 10.0. The lowest BCUT2D eigenvalue weighted by Crippen LogP contribution is -2.51. The second-order valence-corrected chi connectivity index (χ2v) is 9.35. The topological polar surface area (TPSA) is 73.0 Å². The largest absolute Gasteiger partial charge is 0.344 e. The Morgan fingerprint density at radius 1 is 1.22 bits per heavy atom. The van der Waals surface area contributed by atoms with Crippen molar-refractivity contribution < 1.29 is 4.79 Å². The van der Waals surface area contributed by atoms with Crippen LogP contribution >= 0.6 is 0 Å². The quantitative estimate of drug-likeness (QED) is 0.824. The lowest BCUT2D eigenvalue weighted by Gasteiger charge is -2.57. The third kappa shape index (κ3) is 2.78. The standard InChI is InChI=1S/C20H27N5O2/c1-23(11-20-6-13-3-14(7-20)5-15(4-13)8-20)17(26)10-25-12-21-18-16(19(25)27)9-22-24(18)2/h9,12-15H,3-8,10-11H2,1-2H3. The molecule has 7 nitrogen and oxygen atoms in total. The molecule has 4 saturated carbocycles. The highest BCUT2D eigenvalue weighted by atomic mass is 16.2. The molecule has 1 amide bonds. The monoisotopic (exact) mass is 369 g/mol. The van der Waals surface area contributed by atoms with Gasteiger partial charge in [-0.15, -0.1) is 0 Å². The van der Waals surface area contributed by atoms with Gasteiger partial charge in [-0.25, -0.2) is 4.98 Å². The molecule has 0 spiro atoms. The Morgan fingerprint density at radius 3 is 2.48 bits per heavy atom. The fraction of sp³-hybridized carbons (Fsp3) is 0.700. The molecule has 0 unspecified atom stereocenters. The van der Waals surface area contributed by atoms with Crippen molar-refractivity contribution in [2.45, 2.75) is 45.1 Å². The van der Waals surface area contributed by atoms with Crippen LogP contribution in [0.5, 0.6) is 0 Å². The van der Waals surface area contributed by atoms with Crippen molar-refractivity contribution in [2.24, 2.45) is 30.2 Å². The van der Waals surface area contributed by atoms with Gasteiger partial charge in [-0.05, 0) is 61.7 Å². The van der Waals surface area contributed by atoms with Gasteiger partial charge in [0.1, 0.15) is 18.3 Å². The number of rotatable bonds is 4. The fourth-order valence-corrected chi connectivity index (χ4v) is 6.52. The van der Waals surface area contributed by atoms with Gasteiger partial charge in [0.15, 0.2) is 5.65 Å². The van der Waals surface area contributed by atoms with E-state index in [4.69, 9.17) is 0 Å². The van der Waals surface area contributed by atoms with Gasteiger partial charge in [0.25, 0.3) is 5.56 Å². The first-order valence-corrected chi connectivity index (χ1v) is 10.0. The summed E-state index contributed by atoms with van der Waals surface area (Å²) in [6, 6.07) is 0. The van der Waals surface area contributed by atoms with Gasteiger partial charge in [-0.2, -0.15) is 5.10 Å². The molecule has 144 valence electrons. The molecule has 2 aromatic rings. The van der Waals surface area contributed by atoms with E-state index in [1.165, 1.54) is 55.6 Å². The molecule has 7 heteroatoms. The summed E-state index contributed by atoms with van der Waals surface area (Å²) in [6.45, 7) is 0.867. The molecular weight excluding hydrogens is 342 g/mol. The van der Waals surface area contributed by atoms with Crippen LogP contribution in [0.15, 0.2) is 17.3 Å². The second-order valence-electron chi connectivity index (χ2n) is 9.35. The third-order valence-corrected chi connectivity index (χ3v) is 7.19. The van der Waals surface area contributed by atoms with Crippen molar-refractivity contribution in [1.29, 1.82) is 0 Å². The van der Waals surface area contributed by atoms with Gasteiger partial charge in [0, 0.05) is 20.6 Å². The van der Waals surface area contributed by atoms with Crippen LogP contribution in [0, 0.1) is 23.2 Å². The maximum absolute atomic E-state index is 12.8. The van der Waals surface area contributed by atoms with E-state index >= 15 is 0 Å². The predicted molar refractivity (Wildman–Crippen MR) is 101 cm³/mol. The lowest BCUT2D eigenvalue weighted by molar-refractivity contribution is -0.136. The Labute approximate surface area is 158 Å². The molecule has 4 fully saturated rings. The molecule has 0 aliphatic heterocycles. The van der Waals surface area contributed by atoms with E-state index in [0.717, 1.165) is 24.3 Å². The predicted octanol–water partition coefficient (Wildman–Crippen LogP) is 1.80. The van der Waals surface area contributed by atoms with E-state index in [2.05, 4.69) is 10.1 Å². The average Bonchev–Trinajstić information content (AvgIpc) is 2.97. The highest BCUT2D eigenvalue weighted by Gasteiger charge is 2.51. The average molecular weight is 369 g/mol. The summed E-state index contributed by atoms with van der Waals surface area (Å²) in [5.41, 5.74) is 0.658. The molecule has 27 heavy (non-hydrogen) atoms. The summed E-state index contributed by atoms with van der Waals surface area (Å²) in [6.07, 6.45) is 11.0. The molecule has 0 N–H and O–H groups in total. The van der Waals surface area contributed by atoms with Crippen LogP contribution in [-0.4, -0.2) is 43.7 Å². The van der Waals surface area contributed by atoms with Crippen LogP contribution in [-0.2, 0) is 18.4 Å². The highest BCUT2D eigenvalue weighted by molar-refractivity contribution is 5.77. The van der Waals surface area contributed by atoms with Crippen molar-refractivity contribution in [1.82, 2.24) is 24.2 Å². The number of carbonyl (C=O) groups is 1. The normalized spacial score (nSPS) is 31.6. The number of hydrogen-bond acceptors (Lipinski definition) is 4. The number of amides is 1. The first-order chi connectivity index (χ1) is 12.9. The van der Waals surface area contributed by atoms with Gasteiger partial charge >= 0.3 is 0 Å². The summed E-state index contributed by atoms with van der Waals surface area (Å²) in [7, 11) is 3.64. The van der Waals surface area contributed by atoms with Crippen molar-refractivity contribution >= 4 is 16.9 Å². The van der Waals surface area contributed by atoms with Gasteiger partial charge in [-0.1, -0.05) is 0 Å². The van der Waals surface area contributed by atoms with Gasteiger partial charge < -0.3 is 4.90 Å². The Morgan fingerprint density at radius 2 is 1.85 bits per heavy atom. The molecule has 6 rings (SSSR count). The molecule has 0 radical (unpaired) electrons. The lowest BCUT2D eigenvalue weighted by atomic mass is 9.49. The number of aryl methyl sites for hydroxylation is 1. The molecular formula is C20H27N5O2. The molecule has 4 bridgehead atoms. The van der Waals surface area contributed by atoms with Crippen LogP contribution in [0.1, 0.15) is 38.5 Å². The molecule has 0 atom stereocenters. The molecule has 0 aromatic carbocycles. The minimum atomic E-state index is -0.204. The van der Waals surface area contributed by atoms with E-state index < -0.39 is 0 Å². The molecule has 4 aliphatic carbocycles. The van der Waals surface area contributed by atoms with Crippen LogP contribution < -0.4 is 5.56 Å². The van der Waals surface area contributed by atoms with E-state index in [-0.39, 0.29) is 18.0 Å². The minimum Gasteiger partial charge on any atom is -0.344 e. The maximum Gasteiger partial charge on any atom is 0.264 e. The summed E-state index contributed by atoms with van der Waals surface area (Å²) in [4.78, 5) is 31.6. The van der Waals surface area contributed by atoms with E-state index in [1.54, 1.807) is 11.7 Å². The van der Waals surface area contributed by atoms with E-state index in [0.29, 0.717) is 16.4 Å². The number of fused-ring (bicyclic) bond motifs is 1. The Bertz CT molecular complexity index is 924. The Kier molecular flexibility index (Phi) is 3.71. The third-order valence-electron chi connectivity index (χ3n) is 7.19. The number of aromatic nitrogens is 4. The second kappa shape index (κ2) is 5.91. The number of nitrogens with zero attached hydrogens (tertiary/aromatic N) is 5. The van der Waals surface area contributed by atoms with Crippen LogP contribution in [0.3, 0.4) is 0 Å². The zero-order chi connectivity index (χ0) is 18.8. The number of likely N-dealkylation sites (N-methyl/N-ethyl adjacent to an activating group) is 1. The number of hydrogen-bond donors (Lipinski definition) is 0. The van der Waals surface area contributed by atoms with Crippen LogP contribution in [0.2, 0.25) is 0 Å². The summed E-state index contributed by atoms with van der Waals surface area (Å²) < 4.78 is 2.98. The Balaban J connectivity index is 1.31. The Hall–Kier alpha value is -2.18. The minimum absolute atomic E-state index is 0.0158. The summed E-state index contributed by atoms with van der Waals surface area (Å²) in [5.74, 6) is 2.61. The fourth-order valence-electron chi connectivity index (χ4n) is 6.52. The van der Waals surface area contributed by atoms with E-state index in [1.807, 2.05) is 11.9 Å². The number of carbonyl (C=O) groups excluding carboxylic acids is 1. The van der Waals surface area contributed by atoms with Crippen LogP contribution in [0.25, 0.3) is 11.0 Å². The summed E-state index contributed by atoms with van der Waals surface area (Å²) in [5, 5.41) is 4.53. The van der Waals surface area contributed by atoms with Crippen molar-refractivity contribution in [3.05, 3.63) is 22.9 Å². The SMILES string of the molecule is CN(CC12CC3CC(CC(C3)C1)C2)C(=O)Cn1cnc2c(cnn2C)c1=O. The summed E-state index contributed by atoms with van der Waals surface area (Å²) >= 11 is 0. The zero-order valence-electron chi connectivity index (χ0n) is 16.1. The maximum atomic E-state index is 12.8.